The van der Waals surface area contributed by atoms with Crippen molar-refractivity contribution < 1.29 is 19.5 Å². The highest BCUT2D eigenvalue weighted by Gasteiger charge is 2.44. The van der Waals surface area contributed by atoms with Crippen molar-refractivity contribution in [2.24, 2.45) is 11.8 Å². The minimum Gasteiger partial charge on any atom is -0.480 e. The number of hydrogen-bond donors (Lipinski definition) is 3. The normalized spacial score (nSPS) is 25.6. The van der Waals surface area contributed by atoms with E-state index >= 15 is 0 Å². The molecule has 0 saturated carbocycles. The molecule has 1 aromatic heterocycles. The first-order chi connectivity index (χ1) is 16.9. The number of rotatable bonds is 13. The summed E-state index contributed by atoms with van der Waals surface area (Å²) in [5.74, 6) is 0.251. The fourth-order valence-electron chi connectivity index (χ4n) is 5.69. The molecule has 35 heavy (non-hydrogen) atoms. The Balaban J connectivity index is 1.69. The van der Waals surface area contributed by atoms with E-state index in [0.29, 0.717) is 37.5 Å². The van der Waals surface area contributed by atoms with E-state index in [1.807, 2.05) is 11.2 Å². The van der Waals surface area contributed by atoms with E-state index in [9.17, 15) is 19.5 Å². The third-order valence-electron chi connectivity index (χ3n) is 7.76. The Bertz CT molecular complexity index is 836. The van der Waals surface area contributed by atoms with Gasteiger partial charge in [-0.05, 0) is 56.1 Å². The van der Waals surface area contributed by atoms with Crippen molar-refractivity contribution in [2.45, 2.75) is 76.9 Å². The smallest absolute Gasteiger partial charge is 0.326 e. The largest absolute Gasteiger partial charge is 0.480 e. The number of aliphatic carboxylic acids is 1. The molecule has 9 nitrogen and oxygen atoms in total. The van der Waals surface area contributed by atoms with Crippen LogP contribution in [0.5, 0.6) is 0 Å². The Morgan fingerprint density at radius 3 is 2.60 bits per heavy atom. The number of thioether (sulfide) groups is 1. The van der Waals surface area contributed by atoms with Crippen molar-refractivity contribution in [1.29, 1.82) is 0 Å². The van der Waals surface area contributed by atoms with Crippen LogP contribution in [0.25, 0.3) is 0 Å². The summed E-state index contributed by atoms with van der Waals surface area (Å²) in [6.45, 7) is 6.46. The third-order valence-corrected chi connectivity index (χ3v) is 8.40. The second kappa shape index (κ2) is 13.3. The lowest BCUT2D eigenvalue weighted by atomic mass is 9.94. The molecule has 0 aromatic carbocycles. The summed E-state index contributed by atoms with van der Waals surface area (Å²) in [6.07, 6.45) is 10.5. The van der Waals surface area contributed by atoms with E-state index in [0.717, 1.165) is 44.5 Å². The number of carbonyl (C=O) groups is 3. The second-order valence-corrected chi connectivity index (χ2v) is 10.8. The summed E-state index contributed by atoms with van der Waals surface area (Å²) in [7, 11) is 0. The molecule has 2 unspecified atom stereocenters. The molecule has 196 valence electrons. The molecule has 0 spiro atoms. The molecule has 2 saturated heterocycles. The number of carbonyl (C=O) groups excluding carboxylic acids is 2. The molecule has 0 aliphatic carbocycles. The topological polar surface area (TPSA) is 119 Å². The monoisotopic (exact) mass is 507 g/mol. The maximum atomic E-state index is 13.4. The van der Waals surface area contributed by atoms with E-state index in [1.165, 1.54) is 0 Å². The first-order valence-corrected chi connectivity index (χ1v) is 14.3. The van der Waals surface area contributed by atoms with Crippen molar-refractivity contribution in [3.8, 4) is 0 Å². The van der Waals surface area contributed by atoms with Gasteiger partial charge in [0, 0.05) is 37.4 Å². The van der Waals surface area contributed by atoms with Gasteiger partial charge in [-0.15, -0.1) is 0 Å². The maximum absolute atomic E-state index is 13.4. The van der Waals surface area contributed by atoms with Crippen LogP contribution < -0.4 is 5.32 Å². The molecule has 10 heteroatoms. The fourth-order valence-corrected chi connectivity index (χ4v) is 6.16. The standard InChI is InChI=1S/C25H41N5O4S/c1-4-17-9-12-30(22(31)7-6-19-14-26-16-27-19)21(17)15-29-11-8-18(5-2)23(29)24(32)28-20(25(33)34)10-13-35-3/h14,16-18,20-21,23H,4-13,15H2,1-3H3,(H,26,27)(H,28,32)(H,33,34)/t17-,18-,20?,21+,23?/m0/s1. The number of carboxylic acids is 1. The van der Waals surface area contributed by atoms with Gasteiger partial charge in [0.05, 0.1) is 12.4 Å². The third kappa shape index (κ3) is 7.00. The second-order valence-electron chi connectivity index (χ2n) is 9.77. The van der Waals surface area contributed by atoms with Crippen LogP contribution in [0, 0.1) is 11.8 Å². The molecule has 2 aliphatic heterocycles. The average molecular weight is 508 g/mol. The minimum atomic E-state index is -0.985. The van der Waals surface area contributed by atoms with Gasteiger partial charge in [0.2, 0.25) is 11.8 Å². The van der Waals surface area contributed by atoms with Gasteiger partial charge in [0.25, 0.3) is 0 Å². The molecule has 2 fully saturated rings. The number of hydrogen-bond acceptors (Lipinski definition) is 6. The van der Waals surface area contributed by atoms with Crippen LogP contribution >= 0.6 is 11.8 Å². The van der Waals surface area contributed by atoms with Crippen LogP contribution in [-0.4, -0.2) is 92.4 Å². The van der Waals surface area contributed by atoms with Gasteiger partial charge < -0.3 is 20.3 Å². The summed E-state index contributed by atoms with van der Waals surface area (Å²) in [4.78, 5) is 49.6. The highest BCUT2D eigenvalue weighted by atomic mass is 32.2. The number of nitrogens with zero attached hydrogens (tertiary/aromatic N) is 3. The van der Waals surface area contributed by atoms with Gasteiger partial charge in [0.15, 0.2) is 0 Å². The quantitative estimate of drug-likeness (QED) is 0.375. The number of nitrogens with one attached hydrogen (secondary N) is 2. The minimum absolute atomic E-state index is 0.0759. The van der Waals surface area contributed by atoms with Gasteiger partial charge >= 0.3 is 5.97 Å². The van der Waals surface area contributed by atoms with Crippen LogP contribution in [0.15, 0.2) is 12.5 Å². The molecule has 3 N–H and O–H groups in total. The van der Waals surface area contributed by atoms with Gasteiger partial charge in [-0.1, -0.05) is 26.7 Å². The number of imidazole rings is 1. The molecule has 2 aliphatic rings. The first-order valence-electron chi connectivity index (χ1n) is 12.9. The molecule has 0 bridgehead atoms. The summed E-state index contributed by atoms with van der Waals surface area (Å²) in [5.41, 5.74) is 0.956. The lowest BCUT2D eigenvalue weighted by Crippen LogP contribution is -2.54. The number of aromatic amines is 1. The fraction of sp³-hybridized carbons (Fsp3) is 0.760. The summed E-state index contributed by atoms with van der Waals surface area (Å²) >= 11 is 1.57. The molecule has 1 aromatic rings. The first kappa shape index (κ1) is 27.5. The van der Waals surface area contributed by atoms with Gasteiger partial charge in [-0.25, -0.2) is 9.78 Å². The van der Waals surface area contributed by atoms with Crippen molar-refractivity contribution >= 4 is 29.5 Å². The Morgan fingerprint density at radius 2 is 1.97 bits per heavy atom. The van der Waals surface area contributed by atoms with E-state index in [1.54, 1.807) is 24.3 Å². The SMILES string of the molecule is CC[C@H]1CCN(C[C@@H]2[C@@H](CC)CCN2C(=O)CCc2cnc[nH]2)C1C(=O)NC(CCSC)C(=O)O. The lowest BCUT2D eigenvalue weighted by molar-refractivity contribution is -0.143. The van der Waals surface area contributed by atoms with Crippen LogP contribution in [0.1, 0.15) is 58.1 Å². The van der Waals surface area contributed by atoms with Crippen molar-refractivity contribution in [2.75, 3.05) is 31.6 Å². The lowest BCUT2D eigenvalue weighted by Gasteiger charge is -2.35. The zero-order chi connectivity index (χ0) is 25.4. The Kier molecular flexibility index (Phi) is 10.5. The number of likely N-dealkylation sites (tertiary alicyclic amines) is 2. The number of aryl methyl sites for hydroxylation is 1. The number of H-pyrrole nitrogens is 1. The Labute approximate surface area is 212 Å². The highest BCUT2D eigenvalue weighted by molar-refractivity contribution is 7.98. The molecule has 0 radical (unpaired) electrons. The van der Waals surface area contributed by atoms with E-state index in [-0.39, 0.29) is 29.8 Å². The van der Waals surface area contributed by atoms with Gasteiger partial charge in [-0.2, -0.15) is 11.8 Å². The average Bonchev–Trinajstić information content (AvgIpc) is 3.60. The molecule has 3 rings (SSSR count). The number of carboxylic acid groups (broad SMARTS) is 1. The number of aromatic nitrogens is 2. The predicted molar refractivity (Wildman–Crippen MR) is 137 cm³/mol. The van der Waals surface area contributed by atoms with Crippen LogP contribution in [-0.2, 0) is 20.8 Å². The number of amides is 2. The Morgan fingerprint density at radius 1 is 1.23 bits per heavy atom. The van der Waals surface area contributed by atoms with E-state index in [2.05, 4.69) is 34.0 Å². The van der Waals surface area contributed by atoms with Crippen molar-refractivity contribution in [3.05, 3.63) is 18.2 Å². The summed E-state index contributed by atoms with van der Waals surface area (Å²) < 4.78 is 0. The Hall–Kier alpha value is -2.07. The highest BCUT2D eigenvalue weighted by Crippen LogP contribution is 2.33. The van der Waals surface area contributed by atoms with Crippen molar-refractivity contribution in [3.63, 3.8) is 0 Å². The maximum Gasteiger partial charge on any atom is 0.326 e. The zero-order valence-electron chi connectivity index (χ0n) is 21.2. The van der Waals surface area contributed by atoms with Crippen LogP contribution in [0.3, 0.4) is 0 Å². The van der Waals surface area contributed by atoms with Crippen LogP contribution in [0.2, 0.25) is 0 Å². The predicted octanol–water partition coefficient (Wildman–Crippen LogP) is 2.39. The molecular formula is C25H41N5O4S. The molecular weight excluding hydrogens is 466 g/mol. The van der Waals surface area contributed by atoms with E-state index < -0.39 is 12.0 Å². The van der Waals surface area contributed by atoms with Gasteiger partial charge in [0.1, 0.15) is 6.04 Å². The van der Waals surface area contributed by atoms with Gasteiger partial charge in [-0.3, -0.25) is 14.5 Å². The van der Waals surface area contributed by atoms with E-state index in [4.69, 9.17) is 0 Å². The van der Waals surface area contributed by atoms with Crippen molar-refractivity contribution in [1.82, 2.24) is 25.1 Å². The molecule has 5 atom stereocenters. The molecule has 2 amide bonds. The zero-order valence-corrected chi connectivity index (χ0v) is 22.1. The summed E-state index contributed by atoms with van der Waals surface area (Å²) in [5, 5.41) is 12.4. The molecule has 3 heterocycles. The summed E-state index contributed by atoms with van der Waals surface area (Å²) in [6, 6.07) is -1.14. The van der Waals surface area contributed by atoms with Crippen LogP contribution in [0.4, 0.5) is 0 Å².